The first-order valence-corrected chi connectivity index (χ1v) is 15.7. The molecule has 15 heavy (non-hydrogen) atoms. The molecule has 0 spiro atoms. The van der Waals surface area contributed by atoms with Gasteiger partial charge in [0, 0.05) is 0 Å². The molecule has 2 rings (SSSR count). The van der Waals surface area contributed by atoms with Gasteiger partial charge in [-0.1, -0.05) is 0 Å². The van der Waals surface area contributed by atoms with Crippen LogP contribution in [0.15, 0.2) is 12.2 Å². The summed E-state index contributed by atoms with van der Waals surface area (Å²) in [6.07, 6.45) is 4.37. The summed E-state index contributed by atoms with van der Waals surface area (Å²) in [7, 11) is 0. The second-order valence-electron chi connectivity index (χ2n) is 5.90. The number of hydrogen-bond acceptors (Lipinski definition) is 2. The predicted molar refractivity (Wildman–Crippen MR) is 63.4 cm³/mol. The first kappa shape index (κ1) is 11.6. The molecular weight excluding hydrogens is 295 g/mol. The monoisotopic (exact) mass is 316 g/mol. The number of carbonyl (C=O) groups excluding carboxylic acids is 1. The zero-order valence-corrected chi connectivity index (χ0v) is 13.1. The third kappa shape index (κ3) is 1.44. The van der Waals surface area contributed by atoms with Crippen LogP contribution in [0.3, 0.4) is 0 Å². The average Bonchev–Trinajstić information content (AvgIpc) is 2.54. The number of fused-ring (bicyclic) bond motifs is 2. The Kier molecular flexibility index (Phi) is 2.58. The van der Waals surface area contributed by atoms with E-state index in [1.54, 1.807) is 0 Å². The van der Waals surface area contributed by atoms with Crippen LogP contribution in [0.2, 0.25) is 14.8 Å². The fraction of sp³-hybridized carbons (Fsp3) is 0.750. The molecule has 1 fully saturated rings. The van der Waals surface area contributed by atoms with Crippen molar-refractivity contribution < 1.29 is 9.53 Å². The molecule has 0 amide bonds. The third-order valence-electron chi connectivity index (χ3n) is 4.05. The van der Waals surface area contributed by atoms with Crippen LogP contribution >= 0.6 is 0 Å². The summed E-state index contributed by atoms with van der Waals surface area (Å²) in [5, 5.41) is 0. The molecule has 84 valence electrons. The van der Waals surface area contributed by atoms with Crippen molar-refractivity contribution in [2.24, 2.45) is 11.8 Å². The number of ether oxygens (including phenoxy) is 1. The minimum atomic E-state index is -2.29. The standard InChI is InChI=1S/C9H11O2.3CH3.Sn/c1-5-7-3-4-8(11-7)6(2)9(5)10;;;;/h3-7H,1-2H3;3*1H3;/t5-,6+,7-;;;;/m1..../s1. The number of rotatable bonds is 1. The van der Waals surface area contributed by atoms with Crippen LogP contribution in [0.4, 0.5) is 0 Å². The minimum absolute atomic E-state index is 0.0421. The Hall–Kier alpha value is 0.169. The molecule has 2 aliphatic rings. The van der Waals surface area contributed by atoms with Crippen molar-refractivity contribution in [3.05, 3.63) is 12.2 Å². The molecule has 0 aliphatic carbocycles. The summed E-state index contributed by atoms with van der Waals surface area (Å²) in [5.74, 6) is 0.488. The van der Waals surface area contributed by atoms with Crippen molar-refractivity contribution in [3.63, 3.8) is 0 Å². The molecule has 4 atom stereocenters. The van der Waals surface area contributed by atoms with E-state index >= 15 is 0 Å². The van der Waals surface area contributed by atoms with Gasteiger partial charge >= 0.3 is 96.1 Å². The molecule has 0 aromatic heterocycles. The zero-order valence-electron chi connectivity index (χ0n) is 10.2. The van der Waals surface area contributed by atoms with Gasteiger partial charge in [0.25, 0.3) is 0 Å². The van der Waals surface area contributed by atoms with Crippen molar-refractivity contribution in [2.45, 2.75) is 38.4 Å². The molecule has 0 aromatic rings. The summed E-state index contributed by atoms with van der Waals surface area (Å²) in [4.78, 5) is 19.2. The van der Waals surface area contributed by atoms with Crippen molar-refractivity contribution in [3.8, 4) is 0 Å². The van der Waals surface area contributed by atoms with Gasteiger partial charge in [0.2, 0.25) is 0 Å². The van der Waals surface area contributed by atoms with Crippen LogP contribution in [0, 0.1) is 11.8 Å². The quantitative estimate of drug-likeness (QED) is 0.549. The molecule has 0 unspecified atom stereocenters. The maximum absolute atomic E-state index is 12.2. The van der Waals surface area contributed by atoms with Gasteiger partial charge in [-0.2, -0.15) is 0 Å². The van der Waals surface area contributed by atoms with Gasteiger partial charge in [-0.05, 0) is 0 Å². The van der Waals surface area contributed by atoms with Crippen LogP contribution in [0.25, 0.3) is 0 Å². The van der Waals surface area contributed by atoms with E-state index in [0.717, 1.165) is 0 Å². The van der Waals surface area contributed by atoms with Gasteiger partial charge < -0.3 is 0 Å². The first-order chi connectivity index (χ1) is 6.79. The summed E-state index contributed by atoms with van der Waals surface area (Å²) in [5.41, 5.74) is 0. The second-order valence-corrected chi connectivity index (χ2v) is 21.0. The predicted octanol–water partition coefficient (Wildman–Crippen LogP) is 2.41. The van der Waals surface area contributed by atoms with Crippen LogP contribution in [0.5, 0.6) is 0 Å². The van der Waals surface area contributed by atoms with Gasteiger partial charge in [0.1, 0.15) is 0 Å². The number of carbonyl (C=O) groups is 1. The summed E-state index contributed by atoms with van der Waals surface area (Å²) in [6.45, 7) is 4.04. The van der Waals surface area contributed by atoms with Crippen molar-refractivity contribution >= 4 is 24.2 Å². The molecule has 2 heterocycles. The SMILES string of the molecule is C[C@@H]1C(=O)[C@H](C)[C@H]2C=C[C@@]1([Sn]([CH3])([CH3])[CH3])O2. The molecular formula is C12H20O2Sn. The van der Waals surface area contributed by atoms with Gasteiger partial charge in [0.15, 0.2) is 0 Å². The molecule has 2 bridgehead atoms. The van der Waals surface area contributed by atoms with Gasteiger partial charge in [-0.25, -0.2) is 0 Å². The van der Waals surface area contributed by atoms with Crippen LogP contribution in [-0.4, -0.2) is 33.9 Å². The van der Waals surface area contributed by atoms with E-state index < -0.39 is 18.4 Å². The van der Waals surface area contributed by atoms with Crippen molar-refractivity contribution in [1.82, 2.24) is 0 Å². The van der Waals surface area contributed by atoms with Crippen molar-refractivity contribution in [2.75, 3.05) is 0 Å². The van der Waals surface area contributed by atoms with Gasteiger partial charge in [0.05, 0.1) is 0 Å². The first-order valence-electron chi connectivity index (χ1n) is 5.70. The van der Waals surface area contributed by atoms with E-state index in [2.05, 4.69) is 27.0 Å². The Morgan fingerprint density at radius 1 is 1.33 bits per heavy atom. The molecule has 2 aliphatic heterocycles. The third-order valence-corrected chi connectivity index (χ3v) is 12.8. The summed E-state index contributed by atoms with van der Waals surface area (Å²) < 4.78 is 6.03. The zero-order chi connectivity index (χ0) is 11.4. The number of ketones is 1. The molecule has 0 aromatic carbocycles. The van der Waals surface area contributed by atoms with E-state index in [1.165, 1.54) is 0 Å². The molecule has 3 heteroatoms. The molecule has 0 radical (unpaired) electrons. The van der Waals surface area contributed by atoms with E-state index in [9.17, 15) is 4.79 Å². The second kappa shape index (κ2) is 3.33. The van der Waals surface area contributed by atoms with E-state index in [4.69, 9.17) is 4.74 Å². The van der Waals surface area contributed by atoms with Crippen molar-refractivity contribution in [1.29, 1.82) is 0 Å². The fourth-order valence-corrected chi connectivity index (χ4v) is 10.1. The Morgan fingerprint density at radius 3 is 2.47 bits per heavy atom. The Morgan fingerprint density at radius 2 is 1.93 bits per heavy atom. The fourth-order valence-electron chi connectivity index (χ4n) is 2.90. The topological polar surface area (TPSA) is 26.3 Å². The molecule has 0 saturated carbocycles. The Bertz CT molecular complexity index is 329. The number of Topliss-reactive ketones (excluding diaryl/α,β-unsaturated/α-hetero) is 1. The van der Waals surface area contributed by atoms with Crippen LogP contribution in [0.1, 0.15) is 13.8 Å². The van der Waals surface area contributed by atoms with Crippen LogP contribution in [-0.2, 0) is 9.53 Å². The van der Waals surface area contributed by atoms with Crippen LogP contribution < -0.4 is 0 Å². The van der Waals surface area contributed by atoms with E-state index in [1.807, 2.05) is 13.8 Å². The van der Waals surface area contributed by atoms with E-state index in [-0.39, 0.29) is 21.6 Å². The Balaban J connectivity index is 2.45. The maximum atomic E-state index is 12.2. The molecule has 1 saturated heterocycles. The normalized spacial score (nSPS) is 44.9. The number of hydrogen-bond donors (Lipinski definition) is 0. The average molecular weight is 315 g/mol. The van der Waals surface area contributed by atoms with E-state index in [0.29, 0.717) is 5.78 Å². The van der Waals surface area contributed by atoms with Gasteiger partial charge in [-0.15, -0.1) is 0 Å². The Labute approximate surface area is 95.9 Å². The van der Waals surface area contributed by atoms with Gasteiger partial charge in [-0.3, -0.25) is 0 Å². The molecule has 0 N–H and O–H groups in total. The molecule has 2 nitrogen and oxygen atoms in total. The summed E-state index contributed by atoms with van der Waals surface area (Å²) >= 11 is -2.29. The summed E-state index contributed by atoms with van der Waals surface area (Å²) in [6, 6.07) is 0.